The summed E-state index contributed by atoms with van der Waals surface area (Å²) in [6, 6.07) is 7.10. The van der Waals surface area contributed by atoms with Crippen LogP contribution in [0.2, 0.25) is 5.02 Å². The van der Waals surface area contributed by atoms with Gasteiger partial charge in [0.2, 0.25) is 5.91 Å². The normalized spacial score (nSPS) is 23.3. The van der Waals surface area contributed by atoms with Crippen LogP contribution in [-0.2, 0) is 9.59 Å². The number of nitrogens with one attached hydrogen (secondary N) is 1. The van der Waals surface area contributed by atoms with Crippen molar-refractivity contribution in [1.29, 1.82) is 0 Å². The fourth-order valence-electron chi connectivity index (χ4n) is 2.72. The summed E-state index contributed by atoms with van der Waals surface area (Å²) in [5.74, 6) is -2.01. The summed E-state index contributed by atoms with van der Waals surface area (Å²) >= 11 is 5.83. The van der Waals surface area contributed by atoms with Gasteiger partial charge in [-0.3, -0.25) is 9.59 Å². The lowest BCUT2D eigenvalue weighted by molar-refractivity contribution is -0.146. The average molecular weight is 296 g/mol. The molecule has 4 nitrogen and oxygen atoms in total. The van der Waals surface area contributed by atoms with Gasteiger partial charge in [-0.15, -0.1) is 0 Å². The van der Waals surface area contributed by atoms with E-state index in [9.17, 15) is 9.59 Å². The molecule has 0 heterocycles. The molecule has 1 amide bonds. The van der Waals surface area contributed by atoms with Gasteiger partial charge in [0.1, 0.15) is 0 Å². The fourth-order valence-corrected chi connectivity index (χ4v) is 2.85. The maximum atomic E-state index is 12.2. The lowest BCUT2D eigenvalue weighted by Gasteiger charge is -2.20. The van der Waals surface area contributed by atoms with Crippen molar-refractivity contribution in [2.75, 3.05) is 0 Å². The van der Waals surface area contributed by atoms with E-state index in [1.165, 1.54) is 0 Å². The number of hydrogen-bond acceptors (Lipinski definition) is 2. The topological polar surface area (TPSA) is 66.4 Å². The monoisotopic (exact) mass is 295 g/mol. The molecule has 0 aliphatic heterocycles. The van der Waals surface area contributed by atoms with Gasteiger partial charge in [0.25, 0.3) is 0 Å². The largest absolute Gasteiger partial charge is 0.481 e. The van der Waals surface area contributed by atoms with Gasteiger partial charge in [-0.05, 0) is 37.5 Å². The van der Waals surface area contributed by atoms with Crippen LogP contribution in [0.1, 0.15) is 37.8 Å². The number of carbonyl (C=O) groups is 2. The van der Waals surface area contributed by atoms with Gasteiger partial charge in [-0.1, -0.05) is 30.2 Å². The molecule has 2 unspecified atom stereocenters. The number of rotatable bonds is 4. The Balaban J connectivity index is 2.00. The summed E-state index contributed by atoms with van der Waals surface area (Å²) in [4.78, 5) is 23.3. The maximum absolute atomic E-state index is 12.2. The van der Waals surface area contributed by atoms with Crippen LogP contribution < -0.4 is 5.32 Å². The third-order valence-electron chi connectivity index (χ3n) is 3.90. The maximum Gasteiger partial charge on any atom is 0.307 e. The number of halogens is 1. The molecule has 1 aliphatic carbocycles. The molecule has 5 heteroatoms. The Morgan fingerprint density at radius 1 is 1.25 bits per heavy atom. The molecule has 0 radical (unpaired) electrons. The molecule has 2 N–H and O–H groups in total. The Morgan fingerprint density at radius 3 is 2.45 bits per heavy atom. The van der Waals surface area contributed by atoms with E-state index in [2.05, 4.69) is 5.32 Å². The molecular formula is C15H18ClNO3. The number of aliphatic carboxylic acids is 1. The average Bonchev–Trinajstić information content (AvgIpc) is 2.88. The van der Waals surface area contributed by atoms with Crippen molar-refractivity contribution >= 4 is 23.5 Å². The molecule has 0 bridgehead atoms. The number of carboxylic acid groups (broad SMARTS) is 1. The van der Waals surface area contributed by atoms with Crippen molar-refractivity contribution in [1.82, 2.24) is 5.32 Å². The van der Waals surface area contributed by atoms with Gasteiger partial charge in [-0.25, -0.2) is 0 Å². The number of hydrogen-bond donors (Lipinski definition) is 2. The van der Waals surface area contributed by atoms with Crippen molar-refractivity contribution in [3.63, 3.8) is 0 Å². The predicted molar refractivity (Wildman–Crippen MR) is 76.5 cm³/mol. The SMILES string of the molecule is C[C@@H](NC(=O)C1CCCC1C(=O)O)c1ccc(Cl)cc1. The molecule has 0 spiro atoms. The van der Waals surface area contributed by atoms with Crippen LogP contribution >= 0.6 is 11.6 Å². The van der Waals surface area contributed by atoms with E-state index in [1.54, 1.807) is 12.1 Å². The van der Waals surface area contributed by atoms with E-state index in [1.807, 2.05) is 19.1 Å². The first kappa shape index (κ1) is 14.9. The van der Waals surface area contributed by atoms with Crippen molar-refractivity contribution in [3.05, 3.63) is 34.9 Å². The standard InChI is InChI=1S/C15H18ClNO3/c1-9(10-5-7-11(16)8-6-10)17-14(18)12-3-2-4-13(12)15(19)20/h5-9,12-13H,2-4H2,1H3,(H,17,18)(H,19,20)/t9-,12?,13?/m1/s1. The van der Waals surface area contributed by atoms with E-state index in [4.69, 9.17) is 16.7 Å². The highest BCUT2D eigenvalue weighted by Crippen LogP contribution is 2.32. The van der Waals surface area contributed by atoms with Gasteiger partial charge < -0.3 is 10.4 Å². The predicted octanol–water partition coefficient (Wildman–Crippen LogP) is 3.02. The smallest absolute Gasteiger partial charge is 0.307 e. The van der Waals surface area contributed by atoms with Crippen LogP contribution in [-0.4, -0.2) is 17.0 Å². The molecule has 20 heavy (non-hydrogen) atoms. The Bertz CT molecular complexity index is 500. The minimum Gasteiger partial charge on any atom is -0.481 e. The van der Waals surface area contributed by atoms with Gasteiger partial charge in [0.15, 0.2) is 0 Å². The molecule has 3 atom stereocenters. The first-order valence-corrected chi connectivity index (χ1v) is 7.15. The minimum atomic E-state index is -0.873. The number of carboxylic acids is 1. The van der Waals surface area contributed by atoms with E-state index in [-0.39, 0.29) is 11.9 Å². The summed E-state index contributed by atoms with van der Waals surface area (Å²) in [7, 11) is 0. The summed E-state index contributed by atoms with van der Waals surface area (Å²) in [5.41, 5.74) is 0.952. The van der Waals surface area contributed by atoms with Gasteiger partial charge in [0.05, 0.1) is 17.9 Å². The fraction of sp³-hybridized carbons (Fsp3) is 0.467. The van der Waals surface area contributed by atoms with Crippen molar-refractivity contribution in [2.45, 2.75) is 32.2 Å². The molecular weight excluding hydrogens is 278 g/mol. The summed E-state index contributed by atoms with van der Waals surface area (Å²) in [5, 5.41) is 12.7. The zero-order valence-electron chi connectivity index (χ0n) is 11.3. The lowest BCUT2D eigenvalue weighted by Crippen LogP contribution is -2.36. The number of carbonyl (C=O) groups excluding carboxylic acids is 1. The quantitative estimate of drug-likeness (QED) is 0.897. The Labute approximate surface area is 123 Å². The summed E-state index contributed by atoms with van der Waals surface area (Å²) in [6.07, 6.45) is 2.03. The highest BCUT2D eigenvalue weighted by molar-refractivity contribution is 6.30. The van der Waals surface area contributed by atoms with Crippen LogP contribution in [0, 0.1) is 11.8 Å². The van der Waals surface area contributed by atoms with Gasteiger partial charge in [0, 0.05) is 5.02 Å². The van der Waals surface area contributed by atoms with Crippen LogP contribution in [0.5, 0.6) is 0 Å². The third kappa shape index (κ3) is 3.31. The molecule has 1 saturated carbocycles. The van der Waals surface area contributed by atoms with Crippen LogP contribution in [0.3, 0.4) is 0 Å². The van der Waals surface area contributed by atoms with Gasteiger partial charge >= 0.3 is 5.97 Å². The first-order valence-electron chi connectivity index (χ1n) is 6.77. The highest BCUT2D eigenvalue weighted by atomic mass is 35.5. The molecule has 0 aromatic heterocycles. The Hall–Kier alpha value is -1.55. The molecule has 1 aliphatic rings. The minimum absolute atomic E-state index is 0.158. The van der Waals surface area contributed by atoms with Crippen molar-refractivity contribution in [2.24, 2.45) is 11.8 Å². The number of benzene rings is 1. The van der Waals surface area contributed by atoms with Crippen molar-refractivity contribution < 1.29 is 14.7 Å². The summed E-state index contributed by atoms with van der Waals surface area (Å²) < 4.78 is 0. The van der Waals surface area contributed by atoms with E-state index < -0.39 is 17.8 Å². The third-order valence-corrected chi connectivity index (χ3v) is 4.15. The molecule has 1 fully saturated rings. The second-order valence-corrected chi connectivity index (χ2v) is 5.70. The number of amides is 1. The molecule has 0 saturated heterocycles. The van der Waals surface area contributed by atoms with E-state index in [0.29, 0.717) is 17.9 Å². The van der Waals surface area contributed by atoms with E-state index >= 15 is 0 Å². The van der Waals surface area contributed by atoms with Crippen LogP contribution in [0.15, 0.2) is 24.3 Å². The van der Waals surface area contributed by atoms with Crippen LogP contribution in [0.4, 0.5) is 0 Å². The summed E-state index contributed by atoms with van der Waals surface area (Å²) in [6.45, 7) is 1.88. The second kappa shape index (κ2) is 6.27. The first-order chi connectivity index (χ1) is 9.49. The Kier molecular flexibility index (Phi) is 4.65. The zero-order valence-corrected chi connectivity index (χ0v) is 12.1. The second-order valence-electron chi connectivity index (χ2n) is 5.26. The lowest BCUT2D eigenvalue weighted by atomic mass is 9.94. The zero-order chi connectivity index (χ0) is 14.7. The molecule has 2 rings (SSSR count). The molecule has 1 aromatic carbocycles. The van der Waals surface area contributed by atoms with E-state index in [0.717, 1.165) is 12.0 Å². The molecule has 1 aromatic rings. The van der Waals surface area contributed by atoms with Crippen molar-refractivity contribution in [3.8, 4) is 0 Å². The van der Waals surface area contributed by atoms with Gasteiger partial charge in [-0.2, -0.15) is 0 Å². The highest BCUT2D eigenvalue weighted by Gasteiger charge is 2.38. The van der Waals surface area contributed by atoms with Crippen LogP contribution in [0.25, 0.3) is 0 Å². The Morgan fingerprint density at radius 2 is 1.85 bits per heavy atom. The molecule has 108 valence electrons.